The molecule has 0 aliphatic carbocycles. The molecule has 0 bridgehead atoms. The van der Waals surface area contributed by atoms with Crippen LogP contribution >= 0.6 is 11.6 Å². The number of benzene rings is 2. The van der Waals surface area contributed by atoms with E-state index in [9.17, 15) is 0 Å². The van der Waals surface area contributed by atoms with Gasteiger partial charge in [0.1, 0.15) is 0 Å². The molecular weight excluding hydrogens is 384 g/mol. The van der Waals surface area contributed by atoms with Gasteiger partial charge in [0, 0.05) is 29.2 Å². The molecule has 0 spiro atoms. The average molecular weight is 405 g/mol. The van der Waals surface area contributed by atoms with E-state index in [2.05, 4.69) is 11.8 Å². The van der Waals surface area contributed by atoms with Crippen LogP contribution in [0.15, 0.2) is 59.0 Å². The van der Waals surface area contributed by atoms with Crippen molar-refractivity contribution in [3.8, 4) is 22.8 Å². The first-order valence-corrected chi connectivity index (χ1v) is 10.3. The number of hydrogen-bond acceptors (Lipinski definition) is 5. The number of halogens is 1. The van der Waals surface area contributed by atoms with Crippen molar-refractivity contribution in [2.24, 2.45) is 5.92 Å². The standard InChI is InChI=1S/C23H21ClN4O/c1-15-6-5-13-28(14-15)22-19-21(27-23(29-19)17-7-3-2-4-8-17)25-20(26-22)16-9-11-18(24)12-10-16/h2-4,7-12,15H,5-6,13-14H2,1H3. The third-order valence-electron chi connectivity index (χ3n) is 5.32. The minimum Gasteiger partial charge on any atom is -0.430 e. The summed E-state index contributed by atoms with van der Waals surface area (Å²) in [5, 5.41) is 0.688. The molecule has 1 saturated heterocycles. The largest absolute Gasteiger partial charge is 0.430 e. The zero-order valence-electron chi connectivity index (χ0n) is 16.2. The number of fused-ring (bicyclic) bond motifs is 1. The summed E-state index contributed by atoms with van der Waals surface area (Å²) in [5.74, 6) is 2.63. The summed E-state index contributed by atoms with van der Waals surface area (Å²) >= 11 is 6.06. The summed E-state index contributed by atoms with van der Waals surface area (Å²) < 4.78 is 6.18. The van der Waals surface area contributed by atoms with E-state index in [4.69, 9.17) is 31.0 Å². The van der Waals surface area contributed by atoms with Gasteiger partial charge in [0.15, 0.2) is 11.6 Å². The minimum absolute atomic E-state index is 0.564. The fourth-order valence-electron chi connectivity index (χ4n) is 3.84. The van der Waals surface area contributed by atoms with E-state index in [1.807, 2.05) is 54.6 Å². The van der Waals surface area contributed by atoms with E-state index >= 15 is 0 Å². The second-order valence-electron chi connectivity index (χ2n) is 7.61. The van der Waals surface area contributed by atoms with Crippen molar-refractivity contribution in [1.29, 1.82) is 0 Å². The molecule has 4 aromatic rings. The zero-order valence-corrected chi connectivity index (χ0v) is 16.9. The van der Waals surface area contributed by atoms with Gasteiger partial charge in [-0.05, 0) is 55.2 Å². The highest BCUT2D eigenvalue weighted by molar-refractivity contribution is 6.30. The summed E-state index contributed by atoms with van der Waals surface area (Å²) in [6, 6.07) is 17.5. The van der Waals surface area contributed by atoms with Gasteiger partial charge < -0.3 is 9.32 Å². The fourth-order valence-corrected chi connectivity index (χ4v) is 3.96. The molecule has 1 aliphatic rings. The van der Waals surface area contributed by atoms with Crippen molar-refractivity contribution in [3.05, 3.63) is 59.6 Å². The van der Waals surface area contributed by atoms with Crippen LogP contribution in [-0.2, 0) is 0 Å². The first kappa shape index (κ1) is 18.1. The minimum atomic E-state index is 0.564. The molecule has 146 valence electrons. The second kappa shape index (κ2) is 7.48. The van der Waals surface area contributed by atoms with Crippen LogP contribution in [0.1, 0.15) is 19.8 Å². The molecule has 1 aliphatic heterocycles. The Morgan fingerprint density at radius 2 is 1.76 bits per heavy atom. The Kier molecular flexibility index (Phi) is 4.68. The average Bonchev–Trinajstić information content (AvgIpc) is 3.18. The third-order valence-corrected chi connectivity index (χ3v) is 5.57. The van der Waals surface area contributed by atoms with Gasteiger partial charge in [0.05, 0.1) is 0 Å². The van der Waals surface area contributed by atoms with Gasteiger partial charge in [0.2, 0.25) is 17.1 Å². The summed E-state index contributed by atoms with van der Waals surface area (Å²) in [5.41, 5.74) is 3.07. The molecule has 0 radical (unpaired) electrons. The number of anilines is 1. The second-order valence-corrected chi connectivity index (χ2v) is 8.05. The number of hydrogen-bond donors (Lipinski definition) is 0. The number of piperidine rings is 1. The number of nitrogens with zero attached hydrogens (tertiary/aromatic N) is 4. The topological polar surface area (TPSA) is 55.1 Å². The Morgan fingerprint density at radius 3 is 2.52 bits per heavy atom. The van der Waals surface area contributed by atoms with E-state index < -0.39 is 0 Å². The summed E-state index contributed by atoms with van der Waals surface area (Å²) in [6.45, 7) is 4.19. The number of rotatable bonds is 3. The fraction of sp³-hybridized carbons (Fsp3) is 0.261. The first-order valence-electron chi connectivity index (χ1n) is 9.92. The zero-order chi connectivity index (χ0) is 19.8. The summed E-state index contributed by atoms with van der Waals surface area (Å²) in [4.78, 5) is 16.6. The molecule has 29 heavy (non-hydrogen) atoms. The van der Waals surface area contributed by atoms with Gasteiger partial charge in [-0.3, -0.25) is 0 Å². The van der Waals surface area contributed by atoms with E-state index in [1.165, 1.54) is 6.42 Å². The lowest BCUT2D eigenvalue weighted by Crippen LogP contribution is -2.35. The highest BCUT2D eigenvalue weighted by atomic mass is 35.5. The Morgan fingerprint density at radius 1 is 0.966 bits per heavy atom. The van der Waals surface area contributed by atoms with Gasteiger partial charge in [-0.2, -0.15) is 4.98 Å². The van der Waals surface area contributed by atoms with E-state index in [0.29, 0.717) is 33.9 Å². The Hall–Kier alpha value is -2.92. The van der Waals surface area contributed by atoms with Gasteiger partial charge in [-0.15, -0.1) is 0 Å². The molecule has 6 heteroatoms. The predicted octanol–water partition coefficient (Wildman–Crippen LogP) is 5.84. The molecule has 1 atom stereocenters. The number of oxazole rings is 1. The van der Waals surface area contributed by atoms with Crippen molar-refractivity contribution in [3.63, 3.8) is 0 Å². The Balaban J connectivity index is 1.68. The van der Waals surface area contributed by atoms with Gasteiger partial charge in [-0.1, -0.05) is 36.7 Å². The molecule has 5 nitrogen and oxygen atoms in total. The van der Waals surface area contributed by atoms with Crippen LogP contribution in [0.4, 0.5) is 5.82 Å². The molecule has 1 fully saturated rings. The normalized spacial score (nSPS) is 17.0. The van der Waals surface area contributed by atoms with E-state index in [1.54, 1.807) is 0 Å². The number of aromatic nitrogens is 3. The molecule has 2 aromatic heterocycles. The molecule has 2 aromatic carbocycles. The van der Waals surface area contributed by atoms with E-state index in [-0.39, 0.29) is 0 Å². The van der Waals surface area contributed by atoms with Crippen LogP contribution in [-0.4, -0.2) is 28.0 Å². The first-order chi connectivity index (χ1) is 14.2. The Labute approximate surface area is 174 Å². The third kappa shape index (κ3) is 3.58. The quantitative estimate of drug-likeness (QED) is 0.429. The summed E-state index contributed by atoms with van der Waals surface area (Å²) in [6.07, 6.45) is 2.38. The SMILES string of the molecule is CC1CCCN(c2nc(-c3ccc(Cl)cc3)nc3nc(-c4ccccc4)oc23)C1. The van der Waals surface area contributed by atoms with Crippen LogP contribution in [0.3, 0.4) is 0 Å². The van der Waals surface area contributed by atoms with Gasteiger partial charge in [-0.25, -0.2) is 9.97 Å². The monoisotopic (exact) mass is 404 g/mol. The predicted molar refractivity (Wildman–Crippen MR) is 116 cm³/mol. The van der Waals surface area contributed by atoms with Crippen LogP contribution < -0.4 is 4.90 Å². The molecule has 1 unspecified atom stereocenters. The van der Waals surface area contributed by atoms with Crippen molar-refractivity contribution in [2.45, 2.75) is 19.8 Å². The van der Waals surface area contributed by atoms with Crippen molar-refractivity contribution in [1.82, 2.24) is 15.0 Å². The maximum absolute atomic E-state index is 6.18. The lowest BCUT2D eigenvalue weighted by Gasteiger charge is -2.31. The van der Waals surface area contributed by atoms with E-state index in [0.717, 1.165) is 36.5 Å². The van der Waals surface area contributed by atoms with Gasteiger partial charge >= 0.3 is 0 Å². The molecule has 3 heterocycles. The molecular formula is C23H21ClN4O. The van der Waals surface area contributed by atoms with Gasteiger partial charge in [0.25, 0.3) is 0 Å². The van der Waals surface area contributed by atoms with Crippen LogP contribution in [0.5, 0.6) is 0 Å². The smallest absolute Gasteiger partial charge is 0.229 e. The van der Waals surface area contributed by atoms with Crippen molar-refractivity contribution >= 4 is 28.6 Å². The lowest BCUT2D eigenvalue weighted by molar-refractivity contribution is 0.444. The summed E-state index contributed by atoms with van der Waals surface area (Å²) in [7, 11) is 0. The molecule has 0 N–H and O–H groups in total. The van der Waals surface area contributed by atoms with Crippen LogP contribution in [0.2, 0.25) is 5.02 Å². The maximum Gasteiger partial charge on any atom is 0.229 e. The van der Waals surface area contributed by atoms with Crippen LogP contribution in [0, 0.1) is 5.92 Å². The van der Waals surface area contributed by atoms with Crippen molar-refractivity contribution in [2.75, 3.05) is 18.0 Å². The molecule has 0 saturated carbocycles. The highest BCUT2D eigenvalue weighted by Crippen LogP contribution is 2.33. The molecule has 5 rings (SSSR count). The highest BCUT2D eigenvalue weighted by Gasteiger charge is 2.24. The van der Waals surface area contributed by atoms with Crippen LogP contribution in [0.25, 0.3) is 34.1 Å². The lowest BCUT2D eigenvalue weighted by atomic mass is 10.0. The van der Waals surface area contributed by atoms with Crippen molar-refractivity contribution < 1.29 is 4.42 Å². The Bertz CT molecular complexity index is 1140. The molecule has 0 amide bonds. The maximum atomic E-state index is 6.18.